The van der Waals surface area contributed by atoms with Gasteiger partial charge in [0.05, 0.1) is 17.1 Å². The first-order valence-electron chi connectivity index (χ1n) is 4.79. The minimum atomic E-state index is -0.395. The van der Waals surface area contributed by atoms with E-state index in [2.05, 4.69) is 21.1 Å². The van der Waals surface area contributed by atoms with Crippen molar-refractivity contribution in [3.05, 3.63) is 28.0 Å². The molecule has 6 heteroatoms. The zero-order valence-corrected chi connectivity index (χ0v) is 10.8. The third-order valence-electron chi connectivity index (χ3n) is 2.34. The van der Waals surface area contributed by atoms with Crippen molar-refractivity contribution in [1.29, 1.82) is 0 Å². The molecular weight excluding hydrogens is 291 g/mol. The molecule has 90 valence electrons. The smallest absolute Gasteiger partial charge is 0.174 e. The van der Waals surface area contributed by atoms with Crippen LogP contribution in [0.2, 0.25) is 0 Å². The third kappa shape index (κ3) is 2.00. The van der Waals surface area contributed by atoms with E-state index >= 15 is 0 Å². The Bertz CT molecular complexity index is 569. The fourth-order valence-corrected chi connectivity index (χ4v) is 2.11. The molecule has 0 aliphatic carbocycles. The van der Waals surface area contributed by atoms with Crippen molar-refractivity contribution in [2.45, 2.75) is 6.92 Å². The van der Waals surface area contributed by atoms with E-state index in [1.165, 1.54) is 19.2 Å². The molecule has 0 amide bonds. The Labute approximate surface area is 106 Å². The molecule has 0 radical (unpaired) electrons. The maximum Gasteiger partial charge on any atom is 0.174 e. The van der Waals surface area contributed by atoms with Gasteiger partial charge < -0.3 is 15.0 Å². The van der Waals surface area contributed by atoms with Gasteiger partial charge in [-0.15, -0.1) is 0 Å². The first-order valence-corrected chi connectivity index (χ1v) is 5.59. The maximum atomic E-state index is 13.7. The van der Waals surface area contributed by atoms with Crippen LogP contribution in [0.25, 0.3) is 11.3 Å². The van der Waals surface area contributed by atoms with Gasteiger partial charge >= 0.3 is 0 Å². The Morgan fingerprint density at radius 3 is 2.71 bits per heavy atom. The molecule has 0 saturated carbocycles. The summed E-state index contributed by atoms with van der Waals surface area (Å²) >= 11 is 3.17. The SMILES string of the molecule is COc1c(C)cc(F)c(Br)c1-c1cc(N)no1. The largest absolute Gasteiger partial charge is 0.496 e. The molecule has 4 nitrogen and oxygen atoms in total. The Morgan fingerprint density at radius 2 is 2.18 bits per heavy atom. The number of nitrogens with zero attached hydrogens (tertiary/aromatic N) is 1. The monoisotopic (exact) mass is 300 g/mol. The van der Waals surface area contributed by atoms with Crippen molar-refractivity contribution in [3.63, 3.8) is 0 Å². The van der Waals surface area contributed by atoms with Crippen LogP contribution in [0.5, 0.6) is 5.75 Å². The van der Waals surface area contributed by atoms with E-state index < -0.39 is 5.82 Å². The van der Waals surface area contributed by atoms with Crippen LogP contribution in [-0.2, 0) is 0 Å². The predicted molar refractivity (Wildman–Crippen MR) is 65.3 cm³/mol. The van der Waals surface area contributed by atoms with E-state index in [1.54, 1.807) is 6.92 Å². The summed E-state index contributed by atoms with van der Waals surface area (Å²) in [5, 5.41) is 3.57. The summed E-state index contributed by atoms with van der Waals surface area (Å²) in [6.45, 7) is 1.75. The lowest BCUT2D eigenvalue weighted by Gasteiger charge is -2.11. The second-order valence-electron chi connectivity index (χ2n) is 3.51. The Morgan fingerprint density at radius 1 is 1.47 bits per heavy atom. The van der Waals surface area contributed by atoms with Gasteiger partial charge in [0.25, 0.3) is 0 Å². The molecule has 0 aliphatic rings. The molecular formula is C11H10BrFN2O2. The van der Waals surface area contributed by atoms with Crippen LogP contribution in [0.1, 0.15) is 5.56 Å². The highest BCUT2D eigenvalue weighted by atomic mass is 79.9. The van der Waals surface area contributed by atoms with Gasteiger partial charge in [-0.1, -0.05) is 5.16 Å². The summed E-state index contributed by atoms with van der Waals surface area (Å²) in [5.74, 6) is 0.715. The molecule has 2 N–H and O–H groups in total. The zero-order chi connectivity index (χ0) is 12.6. The number of nitrogens with two attached hydrogens (primary N) is 1. The molecule has 0 aliphatic heterocycles. The lowest BCUT2D eigenvalue weighted by atomic mass is 10.1. The molecule has 1 aromatic heterocycles. The number of hydrogen-bond acceptors (Lipinski definition) is 4. The molecule has 0 bridgehead atoms. The third-order valence-corrected chi connectivity index (χ3v) is 3.11. The van der Waals surface area contributed by atoms with Gasteiger partial charge in [-0.3, -0.25) is 0 Å². The quantitative estimate of drug-likeness (QED) is 0.925. The summed E-state index contributed by atoms with van der Waals surface area (Å²) in [7, 11) is 1.51. The summed E-state index contributed by atoms with van der Waals surface area (Å²) in [6, 6.07) is 2.90. The van der Waals surface area contributed by atoms with Crippen molar-refractivity contribution in [3.8, 4) is 17.1 Å². The van der Waals surface area contributed by atoms with Gasteiger partial charge in [-0.2, -0.15) is 0 Å². The summed E-state index contributed by atoms with van der Waals surface area (Å²) in [5.41, 5.74) is 6.61. The fraction of sp³-hybridized carbons (Fsp3) is 0.182. The van der Waals surface area contributed by atoms with Crippen LogP contribution in [0.4, 0.5) is 10.2 Å². The molecule has 2 rings (SSSR count). The second kappa shape index (κ2) is 4.37. The molecule has 17 heavy (non-hydrogen) atoms. The van der Waals surface area contributed by atoms with Crippen molar-refractivity contribution in [2.75, 3.05) is 12.8 Å². The van der Waals surface area contributed by atoms with Gasteiger partial charge in [0.1, 0.15) is 11.6 Å². The first-order chi connectivity index (χ1) is 8.04. The summed E-state index contributed by atoms with van der Waals surface area (Å²) in [6.07, 6.45) is 0. The van der Waals surface area contributed by atoms with Gasteiger partial charge in [0.15, 0.2) is 11.6 Å². The summed E-state index contributed by atoms with van der Waals surface area (Å²) < 4.78 is 24.2. The highest BCUT2D eigenvalue weighted by Gasteiger charge is 2.20. The highest BCUT2D eigenvalue weighted by molar-refractivity contribution is 9.10. The number of hydrogen-bond donors (Lipinski definition) is 1. The Kier molecular flexibility index (Phi) is 3.06. The van der Waals surface area contributed by atoms with E-state index in [1.807, 2.05) is 0 Å². The lowest BCUT2D eigenvalue weighted by molar-refractivity contribution is 0.402. The predicted octanol–water partition coefficient (Wildman–Crippen LogP) is 3.14. The lowest BCUT2D eigenvalue weighted by Crippen LogP contribution is -1.94. The van der Waals surface area contributed by atoms with Gasteiger partial charge in [0.2, 0.25) is 0 Å². The van der Waals surface area contributed by atoms with E-state index in [0.29, 0.717) is 22.6 Å². The van der Waals surface area contributed by atoms with Crippen LogP contribution in [-0.4, -0.2) is 12.3 Å². The number of aryl methyl sites for hydroxylation is 1. The Hall–Kier alpha value is -1.56. The normalized spacial score (nSPS) is 10.6. The maximum absolute atomic E-state index is 13.7. The average molecular weight is 301 g/mol. The number of methoxy groups -OCH3 is 1. The molecule has 0 saturated heterocycles. The van der Waals surface area contributed by atoms with E-state index in [0.717, 1.165) is 0 Å². The molecule has 1 aromatic carbocycles. The van der Waals surface area contributed by atoms with Gasteiger partial charge in [-0.05, 0) is 34.5 Å². The molecule has 2 aromatic rings. The zero-order valence-electron chi connectivity index (χ0n) is 9.25. The van der Waals surface area contributed by atoms with Crippen molar-refractivity contribution in [1.82, 2.24) is 5.16 Å². The first kappa shape index (κ1) is 11.9. The molecule has 0 spiro atoms. The van der Waals surface area contributed by atoms with Crippen molar-refractivity contribution in [2.24, 2.45) is 0 Å². The van der Waals surface area contributed by atoms with E-state index in [-0.39, 0.29) is 10.3 Å². The highest BCUT2D eigenvalue weighted by Crippen LogP contribution is 2.41. The van der Waals surface area contributed by atoms with Crippen LogP contribution in [0.15, 0.2) is 21.1 Å². The van der Waals surface area contributed by atoms with Gasteiger partial charge in [-0.25, -0.2) is 4.39 Å². The fourth-order valence-electron chi connectivity index (χ4n) is 1.63. The minimum Gasteiger partial charge on any atom is -0.496 e. The number of aromatic nitrogens is 1. The van der Waals surface area contributed by atoms with Crippen LogP contribution in [0, 0.1) is 12.7 Å². The number of anilines is 1. The average Bonchev–Trinajstić information content (AvgIpc) is 2.69. The number of ether oxygens (including phenoxy) is 1. The van der Waals surface area contributed by atoms with Crippen LogP contribution in [0.3, 0.4) is 0 Å². The van der Waals surface area contributed by atoms with Crippen molar-refractivity contribution < 1.29 is 13.7 Å². The molecule has 0 atom stereocenters. The molecule has 1 heterocycles. The number of benzene rings is 1. The van der Waals surface area contributed by atoms with E-state index in [9.17, 15) is 4.39 Å². The van der Waals surface area contributed by atoms with Crippen molar-refractivity contribution >= 4 is 21.7 Å². The minimum absolute atomic E-state index is 0.232. The number of halogens is 2. The number of nitrogen functional groups attached to an aromatic ring is 1. The summed E-state index contributed by atoms with van der Waals surface area (Å²) in [4.78, 5) is 0. The molecule has 0 unspecified atom stereocenters. The Balaban J connectivity index is 2.74. The topological polar surface area (TPSA) is 61.3 Å². The second-order valence-corrected chi connectivity index (χ2v) is 4.31. The van der Waals surface area contributed by atoms with E-state index in [4.69, 9.17) is 15.0 Å². The molecule has 0 fully saturated rings. The van der Waals surface area contributed by atoms with Crippen LogP contribution < -0.4 is 10.5 Å². The van der Waals surface area contributed by atoms with Gasteiger partial charge in [0, 0.05) is 6.07 Å². The number of rotatable bonds is 2. The van der Waals surface area contributed by atoms with Crippen LogP contribution >= 0.6 is 15.9 Å². The standard InChI is InChI=1S/C11H10BrFN2O2/c1-5-3-6(13)10(12)9(11(5)16-2)7-4-8(14)15-17-7/h3-4H,1-2H3,(H2,14,15).